The Morgan fingerprint density at radius 1 is 0.789 bits per heavy atom. The van der Waals surface area contributed by atoms with Crippen LogP contribution in [0.3, 0.4) is 0 Å². The number of ether oxygens (including phenoxy) is 3. The summed E-state index contributed by atoms with van der Waals surface area (Å²) >= 11 is 6.03. The summed E-state index contributed by atoms with van der Waals surface area (Å²) in [6, 6.07) is 19.5. The van der Waals surface area contributed by atoms with E-state index in [-0.39, 0.29) is 30.7 Å². The van der Waals surface area contributed by atoms with Crippen LogP contribution in [-0.4, -0.2) is 51.7 Å². The van der Waals surface area contributed by atoms with E-state index in [2.05, 4.69) is 0 Å². The number of anilines is 2. The summed E-state index contributed by atoms with van der Waals surface area (Å²) in [5.41, 5.74) is 1.52. The third kappa shape index (κ3) is 7.04. The number of rotatable bonds is 11. The van der Waals surface area contributed by atoms with Crippen molar-refractivity contribution in [2.75, 3.05) is 37.7 Å². The van der Waals surface area contributed by atoms with Crippen molar-refractivity contribution in [2.24, 2.45) is 0 Å². The minimum absolute atomic E-state index is 0.150. The molecule has 0 aliphatic carbocycles. The molecule has 38 heavy (non-hydrogen) atoms. The normalized spacial score (nSPS) is 11.3. The topological polar surface area (TPSA) is 85.4 Å². The molecule has 0 bridgehead atoms. The standard InChI is InChI=1S/C29H31ClN2O6/c1-20(28(34)31(19-5-6-27(33)38-4)23-11-15-25(36-2)16-12-23)32(24-13-17-26(37-3)18-14-24)29(35)21-7-9-22(30)10-8-21/h7-18,20H,5-6,19H2,1-4H3. The summed E-state index contributed by atoms with van der Waals surface area (Å²) in [4.78, 5) is 42.5. The van der Waals surface area contributed by atoms with Crippen molar-refractivity contribution >= 4 is 40.8 Å². The van der Waals surface area contributed by atoms with Crippen LogP contribution in [0, 0.1) is 0 Å². The molecule has 0 N–H and O–H groups in total. The van der Waals surface area contributed by atoms with Gasteiger partial charge in [0.2, 0.25) is 5.91 Å². The Kier molecular flexibility index (Phi) is 10.1. The fraction of sp³-hybridized carbons (Fsp3) is 0.276. The Hall–Kier alpha value is -4.04. The lowest BCUT2D eigenvalue weighted by Gasteiger charge is -2.33. The molecule has 3 rings (SSSR count). The molecule has 1 unspecified atom stereocenters. The fourth-order valence-electron chi connectivity index (χ4n) is 3.94. The first-order valence-electron chi connectivity index (χ1n) is 12.0. The molecule has 0 aromatic heterocycles. The first kappa shape index (κ1) is 28.5. The van der Waals surface area contributed by atoms with Crippen molar-refractivity contribution in [1.82, 2.24) is 0 Å². The van der Waals surface area contributed by atoms with E-state index < -0.39 is 6.04 Å². The van der Waals surface area contributed by atoms with E-state index in [9.17, 15) is 14.4 Å². The molecule has 0 heterocycles. The Morgan fingerprint density at radius 3 is 1.82 bits per heavy atom. The van der Waals surface area contributed by atoms with Crippen molar-refractivity contribution in [1.29, 1.82) is 0 Å². The van der Waals surface area contributed by atoms with Gasteiger partial charge in [-0.15, -0.1) is 0 Å². The van der Waals surface area contributed by atoms with E-state index in [1.807, 2.05) is 0 Å². The summed E-state index contributed by atoms with van der Waals surface area (Å²) in [5, 5.41) is 0.498. The average Bonchev–Trinajstić information content (AvgIpc) is 2.95. The zero-order chi connectivity index (χ0) is 27.7. The zero-order valence-electron chi connectivity index (χ0n) is 21.8. The number of methoxy groups -OCH3 is 3. The summed E-state index contributed by atoms with van der Waals surface area (Å²) in [6.45, 7) is 1.92. The van der Waals surface area contributed by atoms with E-state index in [0.717, 1.165) is 0 Å². The molecule has 8 nitrogen and oxygen atoms in total. The molecule has 0 fully saturated rings. The predicted molar refractivity (Wildman–Crippen MR) is 147 cm³/mol. The van der Waals surface area contributed by atoms with Crippen molar-refractivity contribution in [3.63, 3.8) is 0 Å². The van der Waals surface area contributed by atoms with Crippen LogP contribution in [0.25, 0.3) is 0 Å². The largest absolute Gasteiger partial charge is 0.497 e. The highest BCUT2D eigenvalue weighted by atomic mass is 35.5. The number of benzene rings is 3. The molecule has 1 atom stereocenters. The lowest BCUT2D eigenvalue weighted by Crippen LogP contribution is -2.50. The smallest absolute Gasteiger partial charge is 0.305 e. The highest BCUT2D eigenvalue weighted by molar-refractivity contribution is 6.30. The molecule has 2 amide bonds. The number of carbonyl (C=O) groups excluding carboxylic acids is 3. The van der Waals surface area contributed by atoms with Gasteiger partial charge in [0, 0.05) is 34.9 Å². The second kappa shape index (κ2) is 13.5. The lowest BCUT2D eigenvalue weighted by atomic mass is 10.1. The summed E-state index contributed by atoms with van der Waals surface area (Å²) in [7, 11) is 4.44. The maximum Gasteiger partial charge on any atom is 0.305 e. The highest BCUT2D eigenvalue weighted by Crippen LogP contribution is 2.27. The average molecular weight is 539 g/mol. The van der Waals surface area contributed by atoms with E-state index >= 15 is 0 Å². The first-order chi connectivity index (χ1) is 18.3. The van der Waals surface area contributed by atoms with Crippen LogP contribution in [0.4, 0.5) is 11.4 Å². The maximum absolute atomic E-state index is 14.0. The van der Waals surface area contributed by atoms with Gasteiger partial charge < -0.3 is 19.1 Å². The Labute approximate surface area is 227 Å². The molecule has 0 radical (unpaired) electrons. The minimum Gasteiger partial charge on any atom is -0.497 e. The van der Waals surface area contributed by atoms with Gasteiger partial charge in [0.1, 0.15) is 17.5 Å². The number of amides is 2. The van der Waals surface area contributed by atoms with E-state index in [4.69, 9.17) is 25.8 Å². The Balaban J connectivity index is 1.99. The third-order valence-electron chi connectivity index (χ3n) is 6.05. The molecule has 0 aliphatic rings. The zero-order valence-corrected chi connectivity index (χ0v) is 22.6. The molecule has 0 saturated carbocycles. The number of nitrogens with zero attached hydrogens (tertiary/aromatic N) is 2. The van der Waals surface area contributed by atoms with E-state index in [0.29, 0.717) is 39.9 Å². The van der Waals surface area contributed by atoms with Crippen LogP contribution >= 0.6 is 11.6 Å². The van der Waals surface area contributed by atoms with Crippen molar-refractivity contribution in [3.05, 3.63) is 83.4 Å². The van der Waals surface area contributed by atoms with Gasteiger partial charge in [-0.1, -0.05) is 11.6 Å². The van der Waals surface area contributed by atoms with E-state index in [1.54, 1.807) is 98.8 Å². The van der Waals surface area contributed by atoms with Crippen LogP contribution in [0.1, 0.15) is 30.1 Å². The number of hydrogen-bond donors (Lipinski definition) is 0. The van der Waals surface area contributed by atoms with Crippen molar-refractivity contribution in [2.45, 2.75) is 25.8 Å². The molecule has 3 aromatic carbocycles. The van der Waals surface area contributed by atoms with Crippen molar-refractivity contribution < 1.29 is 28.6 Å². The van der Waals surface area contributed by atoms with Crippen LogP contribution < -0.4 is 19.3 Å². The Morgan fingerprint density at radius 2 is 1.32 bits per heavy atom. The van der Waals surface area contributed by atoms with Gasteiger partial charge in [0.15, 0.2) is 0 Å². The van der Waals surface area contributed by atoms with Gasteiger partial charge in [0.05, 0.1) is 21.3 Å². The molecular weight excluding hydrogens is 508 g/mol. The first-order valence-corrected chi connectivity index (χ1v) is 12.4. The summed E-state index contributed by atoms with van der Waals surface area (Å²) in [6.07, 6.45) is 0.529. The van der Waals surface area contributed by atoms with Crippen LogP contribution in [0.5, 0.6) is 11.5 Å². The quantitative estimate of drug-likeness (QED) is 0.305. The van der Waals surface area contributed by atoms with Gasteiger partial charge in [-0.3, -0.25) is 19.3 Å². The van der Waals surface area contributed by atoms with Crippen LogP contribution in [0.15, 0.2) is 72.8 Å². The Bertz CT molecular complexity index is 1230. The van der Waals surface area contributed by atoms with Gasteiger partial charge in [-0.05, 0) is 86.1 Å². The molecule has 0 aliphatic heterocycles. The van der Waals surface area contributed by atoms with Gasteiger partial charge >= 0.3 is 5.97 Å². The fourth-order valence-corrected chi connectivity index (χ4v) is 4.07. The molecule has 0 spiro atoms. The van der Waals surface area contributed by atoms with Gasteiger partial charge in [-0.25, -0.2) is 0 Å². The van der Waals surface area contributed by atoms with Crippen molar-refractivity contribution in [3.8, 4) is 11.5 Å². The second-order valence-corrected chi connectivity index (χ2v) is 8.86. The number of hydrogen-bond acceptors (Lipinski definition) is 6. The lowest BCUT2D eigenvalue weighted by molar-refractivity contribution is -0.140. The molecule has 0 saturated heterocycles. The van der Waals surface area contributed by atoms with Crippen LogP contribution in [-0.2, 0) is 14.3 Å². The van der Waals surface area contributed by atoms with Gasteiger partial charge in [-0.2, -0.15) is 0 Å². The molecule has 200 valence electrons. The molecule has 9 heteroatoms. The number of halogens is 1. The monoisotopic (exact) mass is 538 g/mol. The molecule has 3 aromatic rings. The van der Waals surface area contributed by atoms with E-state index in [1.165, 1.54) is 12.0 Å². The number of esters is 1. The highest BCUT2D eigenvalue weighted by Gasteiger charge is 2.32. The second-order valence-electron chi connectivity index (χ2n) is 8.42. The molecular formula is C29H31ClN2O6. The number of carbonyl (C=O) groups is 3. The summed E-state index contributed by atoms with van der Waals surface area (Å²) < 4.78 is 15.3. The third-order valence-corrected chi connectivity index (χ3v) is 6.30. The predicted octanol–water partition coefficient (Wildman–Crippen LogP) is 5.38. The minimum atomic E-state index is -0.896. The maximum atomic E-state index is 14.0. The SMILES string of the molecule is COC(=O)CCCN(C(=O)C(C)N(C(=O)c1ccc(Cl)cc1)c1ccc(OC)cc1)c1ccc(OC)cc1. The van der Waals surface area contributed by atoms with Crippen LogP contribution in [0.2, 0.25) is 5.02 Å². The van der Waals surface area contributed by atoms with Gasteiger partial charge in [0.25, 0.3) is 5.91 Å². The summed E-state index contributed by atoms with van der Waals surface area (Å²) in [5.74, 6) is 0.212.